The first-order valence-electron chi connectivity index (χ1n) is 8.91. The van der Waals surface area contributed by atoms with Gasteiger partial charge in [-0.2, -0.15) is 0 Å². The van der Waals surface area contributed by atoms with Gasteiger partial charge < -0.3 is 16.4 Å². The molecular weight excluding hydrogens is 348 g/mol. The Kier molecular flexibility index (Phi) is 5.20. The zero-order chi connectivity index (χ0) is 19.2. The number of benzene rings is 1. The Morgan fingerprint density at radius 1 is 1.12 bits per heavy atom. The summed E-state index contributed by atoms with van der Waals surface area (Å²) >= 11 is 0. The van der Waals surface area contributed by atoms with Gasteiger partial charge in [0.25, 0.3) is 6.43 Å². The molecule has 1 aliphatic carbocycles. The van der Waals surface area contributed by atoms with Gasteiger partial charge in [0.05, 0.1) is 5.69 Å². The fraction of sp³-hybridized carbons (Fsp3) is 0.667. The van der Waals surface area contributed by atoms with Crippen molar-refractivity contribution < 1.29 is 17.6 Å². The summed E-state index contributed by atoms with van der Waals surface area (Å²) in [6.07, 6.45) is -4.14. The van der Waals surface area contributed by atoms with Crippen LogP contribution < -0.4 is 16.4 Å². The largest absolute Gasteiger partial charge is 0.366 e. The molecule has 0 amide bonds. The number of halogens is 4. The number of piperazine rings is 1. The maximum absolute atomic E-state index is 14.7. The Balaban J connectivity index is 1.76. The number of nitrogens with two attached hydrogens (primary N) is 2. The van der Waals surface area contributed by atoms with Crippen LogP contribution >= 0.6 is 0 Å². The summed E-state index contributed by atoms with van der Waals surface area (Å²) in [6, 6.07) is 4.00. The lowest BCUT2D eigenvalue weighted by Crippen LogP contribution is -2.60. The summed E-state index contributed by atoms with van der Waals surface area (Å²) in [5, 5.41) is 0. The van der Waals surface area contributed by atoms with Crippen LogP contribution in [0.2, 0.25) is 0 Å². The molecule has 0 radical (unpaired) electrons. The molecule has 0 aromatic heterocycles. The molecule has 26 heavy (non-hydrogen) atoms. The third-order valence-corrected chi connectivity index (χ3v) is 5.60. The van der Waals surface area contributed by atoms with Crippen molar-refractivity contribution in [3.05, 3.63) is 29.6 Å². The highest BCUT2D eigenvalue weighted by molar-refractivity contribution is 5.51. The van der Waals surface area contributed by atoms with E-state index >= 15 is 0 Å². The number of alkyl halides is 3. The lowest BCUT2D eigenvalue weighted by molar-refractivity contribution is -0.0863. The number of anilines is 1. The lowest BCUT2D eigenvalue weighted by atomic mass is 9.69. The highest BCUT2D eigenvalue weighted by Crippen LogP contribution is 2.39. The van der Waals surface area contributed by atoms with Crippen LogP contribution in [-0.4, -0.2) is 48.8 Å². The SMILES string of the molecule is CC1CN(c2ccc(C3(N)CC(N)C3)cc2F)CC(C)N1C(F)C(F)F. The van der Waals surface area contributed by atoms with Gasteiger partial charge in [-0.15, -0.1) is 0 Å². The van der Waals surface area contributed by atoms with E-state index in [2.05, 4.69) is 0 Å². The number of rotatable bonds is 4. The van der Waals surface area contributed by atoms with E-state index in [1.165, 1.54) is 6.07 Å². The molecular formula is C18H26F4N4. The molecule has 146 valence electrons. The first-order valence-corrected chi connectivity index (χ1v) is 8.91. The van der Waals surface area contributed by atoms with E-state index in [1.807, 2.05) is 0 Å². The van der Waals surface area contributed by atoms with Crippen LogP contribution in [0.4, 0.5) is 23.2 Å². The number of hydrogen-bond donors (Lipinski definition) is 2. The Hall–Kier alpha value is -1.38. The minimum Gasteiger partial charge on any atom is -0.366 e. The van der Waals surface area contributed by atoms with Crippen LogP contribution in [0.1, 0.15) is 32.3 Å². The molecule has 2 aliphatic rings. The first kappa shape index (κ1) is 19.4. The summed E-state index contributed by atoms with van der Waals surface area (Å²) in [6.45, 7) is 3.89. The van der Waals surface area contributed by atoms with Crippen molar-refractivity contribution in [2.24, 2.45) is 11.5 Å². The van der Waals surface area contributed by atoms with Crippen LogP contribution in [0, 0.1) is 5.82 Å². The molecule has 1 aromatic rings. The molecule has 1 saturated carbocycles. The standard InChI is InChI=1S/C18H26F4N4/c1-10-8-25(9-11(2)26(10)17(22)16(20)21)15-4-3-12(5-14(15)19)18(24)6-13(23)7-18/h3-5,10-11,13,16-17H,6-9,23-24H2,1-2H3. The van der Waals surface area contributed by atoms with Crippen molar-refractivity contribution >= 4 is 5.69 Å². The molecule has 0 bridgehead atoms. The molecule has 4 nitrogen and oxygen atoms in total. The summed E-state index contributed by atoms with van der Waals surface area (Å²) in [5.41, 5.74) is 12.6. The highest BCUT2D eigenvalue weighted by atomic mass is 19.3. The number of hydrogen-bond acceptors (Lipinski definition) is 4. The second-order valence-corrected chi connectivity index (χ2v) is 7.75. The second kappa shape index (κ2) is 6.98. The van der Waals surface area contributed by atoms with Crippen LogP contribution in [0.25, 0.3) is 0 Å². The van der Waals surface area contributed by atoms with E-state index in [9.17, 15) is 17.6 Å². The summed E-state index contributed by atoms with van der Waals surface area (Å²) in [4.78, 5) is 2.94. The monoisotopic (exact) mass is 374 g/mol. The molecule has 0 spiro atoms. The third kappa shape index (κ3) is 3.42. The fourth-order valence-electron chi connectivity index (χ4n) is 4.33. The van der Waals surface area contributed by atoms with Crippen LogP contribution in [0.3, 0.4) is 0 Å². The van der Waals surface area contributed by atoms with Gasteiger partial charge in [-0.25, -0.2) is 17.6 Å². The predicted molar refractivity (Wildman–Crippen MR) is 93.4 cm³/mol. The van der Waals surface area contributed by atoms with E-state index in [4.69, 9.17) is 11.5 Å². The van der Waals surface area contributed by atoms with Crippen LogP contribution in [0.5, 0.6) is 0 Å². The minimum atomic E-state index is -3.06. The molecule has 1 heterocycles. The molecule has 2 fully saturated rings. The van der Waals surface area contributed by atoms with Crippen molar-refractivity contribution in [1.29, 1.82) is 0 Å². The van der Waals surface area contributed by atoms with Gasteiger partial charge in [0.1, 0.15) is 5.82 Å². The van der Waals surface area contributed by atoms with E-state index in [0.29, 0.717) is 24.1 Å². The molecule has 8 heteroatoms. The highest BCUT2D eigenvalue weighted by Gasteiger charge is 2.42. The molecule has 3 unspecified atom stereocenters. The smallest absolute Gasteiger partial charge is 0.282 e. The van der Waals surface area contributed by atoms with Gasteiger partial charge in [-0.3, -0.25) is 4.90 Å². The van der Waals surface area contributed by atoms with Crippen molar-refractivity contribution in [2.75, 3.05) is 18.0 Å². The van der Waals surface area contributed by atoms with E-state index in [-0.39, 0.29) is 19.1 Å². The van der Waals surface area contributed by atoms with E-state index in [0.717, 1.165) is 4.90 Å². The Morgan fingerprint density at radius 3 is 2.15 bits per heavy atom. The Morgan fingerprint density at radius 2 is 1.69 bits per heavy atom. The van der Waals surface area contributed by atoms with Gasteiger partial charge >= 0.3 is 0 Å². The quantitative estimate of drug-likeness (QED) is 0.628. The average molecular weight is 374 g/mol. The van der Waals surface area contributed by atoms with Crippen molar-refractivity contribution in [1.82, 2.24) is 4.90 Å². The maximum atomic E-state index is 14.7. The molecule has 4 N–H and O–H groups in total. The molecule has 3 atom stereocenters. The van der Waals surface area contributed by atoms with Gasteiger partial charge in [0, 0.05) is 36.8 Å². The van der Waals surface area contributed by atoms with Crippen LogP contribution in [-0.2, 0) is 5.54 Å². The lowest BCUT2D eigenvalue weighted by Gasteiger charge is -2.46. The zero-order valence-electron chi connectivity index (χ0n) is 15.0. The van der Waals surface area contributed by atoms with Gasteiger partial charge in [-0.05, 0) is 44.4 Å². The molecule has 1 aromatic carbocycles. The molecule has 1 aliphatic heterocycles. The summed E-state index contributed by atoms with van der Waals surface area (Å²) in [5.74, 6) is -0.411. The van der Waals surface area contributed by atoms with Crippen molar-refractivity contribution in [3.8, 4) is 0 Å². The predicted octanol–water partition coefficient (Wildman–Crippen LogP) is 2.56. The van der Waals surface area contributed by atoms with Gasteiger partial charge in [0.15, 0.2) is 0 Å². The summed E-state index contributed by atoms with van der Waals surface area (Å²) in [7, 11) is 0. The topological polar surface area (TPSA) is 58.5 Å². The second-order valence-electron chi connectivity index (χ2n) is 7.75. The number of nitrogens with zero attached hydrogens (tertiary/aromatic N) is 2. The Labute approximate surface area is 151 Å². The third-order valence-electron chi connectivity index (χ3n) is 5.60. The average Bonchev–Trinajstić information content (AvgIpc) is 2.52. The van der Waals surface area contributed by atoms with Gasteiger partial charge in [0.2, 0.25) is 6.30 Å². The van der Waals surface area contributed by atoms with Gasteiger partial charge in [-0.1, -0.05) is 6.07 Å². The minimum absolute atomic E-state index is 0.0426. The Bertz CT molecular complexity index is 638. The molecule has 1 saturated heterocycles. The molecule has 3 rings (SSSR count). The van der Waals surface area contributed by atoms with Crippen molar-refractivity contribution in [2.45, 2.75) is 63.1 Å². The summed E-state index contributed by atoms with van der Waals surface area (Å²) < 4.78 is 54.1. The normalized spacial score (nSPS) is 34.0. The van der Waals surface area contributed by atoms with Crippen molar-refractivity contribution in [3.63, 3.8) is 0 Å². The van der Waals surface area contributed by atoms with Crippen LogP contribution in [0.15, 0.2) is 18.2 Å². The zero-order valence-corrected chi connectivity index (χ0v) is 15.0. The van der Waals surface area contributed by atoms with E-state index < -0.39 is 36.2 Å². The maximum Gasteiger partial charge on any atom is 0.282 e. The van der Waals surface area contributed by atoms with E-state index in [1.54, 1.807) is 30.9 Å². The first-order chi connectivity index (χ1) is 12.1. The fourth-order valence-corrected chi connectivity index (χ4v) is 4.33.